The van der Waals surface area contributed by atoms with Gasteiger partial charge in [0.15, 0.2) is 0 Å². The van der Waals surface area contributed by atoms with E-state index in [1.54, 1.807) is 6.20 Å². The number of amides is 2. The molecule has 3 aliphatic carbocycles. The Kier molecular flexibility index (Phi) is 4.81. The lowest BCUT2D eigenvalue weighted by atomic mass is 9.48. The average Bonchev–Trinajstić information content (AvgIpc) is 3.11. The number of rotatable bonds is 7. The molecule has 1 aromatic carbocycles. The number of ether oxygens (including phenoxy) is 1. The molecule has 0 radical (unpaired) electrons. The maximum Gasteiger partial charge on any atom is 0.244 e. The fraction of sp³-hybridized carbons (Fsp3) is 0.520. The highest BCUT2D eigenvalue weighted by atomic mass is 16.5. The van der Waals surface area contributed by atoms with Crippen LogP contribution in [0, 0.1) is 11.3 Å². The highest BCUT2D eigenvalue weighted by Crippen LogP contribution is 2.63. The van der Waals surface area contributed by atoms with E-state index in [1.807, 2.05) is 43.3 Å². The number of nitrogens with zero attached hydrogens (tertiary/aromatic N) is 4. The zero-order valence-electron chi connectivity index (χ0n) is 19.6. The Morgan fingerprint density at radius 1 is 1.21 bits per heavy atom. The minimum absolute atomic E-state index is 0.0861. The molecular weight excluding hydrogens is 432 g/mol. The molecule has 2 N–H and O–H groups in total. The third kappa shape index (κ3) is 3.25. The van der Waals surface area contributed by atoms with Gasteiger partial charge in [0.2, 0.25) is 17.8 Å². The molecule has 2 bridgehead atoms. The van der Waals surface area contributed by atoms with E-state index in [1.165, 1.54) is 0 Å². The summed E-state index contributed by atoms with van der Waals surface area (Å²) in [5.74, 6) is 2.36. The number of carbonyl (C=O) groups is 2. The van der Waals surface area contributed by atoms with Gasteiger partial charge >= 0.3 is 0 Å². The quantitative estimate of drug-likeness (QED) is 0.608. The first kappa shape index (κ1) is 21.3. The number of likely N-dealkylation sites (N-methyl/N-ethyl adjacent to an activating group) is 1. The molecule has 1 saturated heterocycles. The van der Waals surface area contributed by atoms with Crippen LogP contribution in [0.4, 0.5) is 17.5 Å². The zero-order valence-corrected chi connectivity index (χ0v) is 19.6. The monoisotopic (exact) mass is 462 g/mol. The van der Waals surface area contributed by atoms with Crippen molar-refractivity contribution in [1.82, 2.24) is 20.2 Å². The van der Waals surface area contributed by atoms with Crippen molar-refractivity contribution in [3.05, 3.63) is 36.0 Å². The molecule has 178 valence electrons. The lowest BCUT2D eigenvalue weighted by Crippen LogP contribution is -2.73. The third-order valence-electron chi connectivity index (χ3n) is 7.83. The van der Waals surface area contributed by atoms with Gasteiger partial charge in [-0.3, -0.25) is 14.5 Å². The van der Waals surface area contributed by atoms with Crippen LogP contribution >= 0.6 is 0 Å². The molecule has 2 aliphatic heterocycles. The molecule has 3 heterocycles. The number of anilines is 3. The normalized spacial score (nSPS) is 28.9. The summed E-state index contributed by atoms with van der Waals surface area (Å²) in [6, 6.07) is 7.68. The van der Waals surface area contributed by atoms with E-state index in [0.717, 1.165) is 42.8 Å². The highest BCUT2D eigenvalue weighted by molar-refractivity contribution is 6.15. The lowest BCUT2D eigenvalue weighted by Gasteiger charge is -2.67. The fourth-order valence-electron chi connectivity index (χ4n) is 5.79. The summed E-state index contributed by atoms with van der Waals surface area (Å²) < 4.78 is 5.76. The van der Waals surface area contributed by atoms with Crippen LogP contribution in [-0.2, 0) is 16.0 Å². The highest BCUT2D eigenvalue weighted by Gasteiger charge is 2.67. The lowest BCUT2D eigenvalue weighted by molar-refractivity contribution is -0.144. The van der Waals surface area contributed by atoms with Crippen molar-refractivity contribution in [2.75, 3.05) is 44.0 Å². The Morgan fingerprint density at radius 2 is 1.97 bits per heavy atom. The van der Waals surface area contributed by atoms with Gasteiger partial charge in [-0.15, -0.1) is 0 Å². The van der Waals surface area contributed by atoms with Crippen molar-refractivity contribution < 1.29 is 14.3 Å². The second-order valence-electron chi connectivity index (χ2n) is 10.5. The van der Waals surface area contributed by atoms with E-state index in [9.17, 15) is 9.59 Å². The predicted octanol–water partition coefficient (Wildman–Crippen LogP) is 2.11. The first-order valence-corrected chi connectivity index (χ1v) is 12.0. The fourth-order valence-corrected chi connectivity index (χ4v) is 5.79. The van der Waals surface area contributed by atoms with Crippen LogP contribution in [0.2, 0.25) is 0 Å². The Hall–Kier alpha value is -3.20. The van der Waals surface area contributed by atoms with Crippen molar-refractivity contribution in [3.8, 4) is 5.75 Å². The third-order valence-corrected chi connectivity index (χ3v) is 7.83. The van der Waals surface area contributed by atoms with Gasteiger partial charge in [-0.05, 0) is 70.0 Å². The SMILES string of the molecule is CN(C)CCOc1ccc(Nc2ncc3c(n2)N(C24CC(C2)C4)C(=O)[C@]2(CCNC2=O)C3)cc1. The van der Waals surface area contributed by atoms with Crippen molar-refractivity contribution in [3.63, 3.8) is 0 Å². The van der Waals surface area contributed by atoms with E-state index in [4.69, 9.17) is 9.72 Å². The molecule has 0 unspecified atom stereocenters. The van der Waals surface area contributed by atoms with Gasteiger partial charge in [-0.1, -0.05) is 0 Å². The predicted molar refractivity (Wildman–Crippen MR) is 127 cm³/mol. The summed E-state index contributed by atoms with van der Waals surface area (Å²) in [5.41, 5.74) is 0.523. The zero-order chi connectivity index (χ0) is 23.5. The summed E-state index contributed by atoms with van der Waals surface area (Å²) in [6.45, 7) is 2.02. The summed E-state index contributed by atoms with van der Waals surface area (Å²) in [7, 11) is 4.03. The maximum atomic E-state index is 13.8. The summed E-state index contributed by atoms with van der Waals surface area (Å²) in [5, 5.41) is 6.13. The molecule has 1 aromatic heterocycles. The molecular formula is C25H30N6O3. The number of carbonyl (C=O) groups excluding carboxylic acids is 2. The number of aromatic nitrogens is 2. The Bertz CT molecular complexity index is 1130. The molecule has 9 nitrogen and oxygen atoms in total. The van der Waals surface area contributed by atoms with Crippen LogP contribution in [0.1, 0.15) is 31.2 Å². The molecule has 5 aliphatic rings. The van der Waals surface area contributed by atoms with Crippen LogP contribution in [-0.4, -0.2) is 66.0 Å². The summed E-state index contributed by atoms with van der Waals surface area (Å²) >= 11 is 0. The minimum atomic E-state index is -1.01. The Balaban J connectivity index is 1.25. The molecule has 1 spiro atoms. The molecule has 1 atom stereocenters. The first-order valence-electron chi connectivity index (χ1n) is 12.0. The van der Waals surface area contributed by atoms with Crippen LogP contribution in [0.3, 0.4) is 0 Å². The van der Waals surface area contributed by atoms with E-state index in [0.29, 0.717) is 43.7 Å². The average molecular weight is 463 g/mol. The first-order chi connectivity index (χ1) is 16.4. The van der Waals surface area contributed by atoms with Crippen LogP contribution in [0.15, 0.2) is 30.5 Å². The summed E-state index contributed by atoms with van der Waals surface area (Å²) in [6.07, 6.45) is 5.67. The largest absolute Gasteiger partial charge is 0.492 e. The van der Waals surface area contributed by atoms with E-state index < -0.39 is 5.41 Å². The van der Waals surface area contributed by atoms with Gasteiger partial charge in [-0.25, -0.2) is 4.98 Å². The molecule has 3 saturated carbocycles. The summed E-state index contributed by atoms with van der Waals surface area (Å²) in [4.78, 5) is 39.8. The van der Waals surface area contributed by atoms with Gasteiger partial charge in [0.1, 0.15) is 23.6 Å². The Morgan fingerprint density at radius 3 is 2.59 bits per heavy atom. The molecule has 34 heavy (non-hydrogen) atoms. The van der Waals surface area contributed by atoms with Crippen LogP contribution in [0.25, 0.3) is 0 Å². The smallest absolute Gasteiger partial charge is 0.244 e. The number of hydrogen-bond donors (Lipinski definition) is 2. The van der Waals surface area contributed by atoms with Crippen molar-refractivity contribution in [2.45, 2.75) is 37.6 Å². The van der Waals surface area contributed by atoms with Crippen LogP contribution < -0.4 is 20.3 Å². The van der Waals surface area contributed by atoms with Gasteiger partial charge in [-0.2, -0.15) is 4.98 Å². The van der Waals surface area contributed by atoms with Crippen LogP contribution in [0.5, 0.6) is 5.75 Å². The number of nitrogens with one attached hydrogen (secondary N) is 2. The van der Waals surface area contributed by atoms with Gasteiger partial charge < -0.3 is 20.3 Å². The van der Waals surface area contributed by atoms with E-state index in [-0.39, 0.29) is 17.4 Å². The number of fused-ring (bicyclic) bond motifs is 1. The number of benzene rings is 1. The molecule has 2 amide bonds. The van der Waals surface area contributed by atoms with Gasteiger partial charge in [0.05, 0.1) is 5.54 Å². The van der Waals surface area contributed by atoms with E-state index >= 15 is 0 Å². The van der Waals surface area contributed by atoms with Crippen molar-refractivity contribution >= 4 is 29.3 Å². The minimum Gasteiger partial charge on any atom is -0.492 e. The van der Waals surface area contributed by atoms with Gasteiger partial charge in [0, 0.05) is 37.0 Å². The second-order valence-corrected chi connectivity index (χ2v) is 10.5. The molecule has 9 heteroatoms. The topological polar surface area (TPSA) is 99.7 Å². The molecule has 7 rings (SSSR count). The van der Waals surface area contributed by atoms with Crippen molar-refractivity contribution in [2.24, 2.45) is 11.3 Å². The van der Waals surface area contributed by atoms with E-state index in [2.05, 4.69) is 20.5 Å². The molecule has 2 aromatic rings. The maximum absolute atomic E-state index is 13.8. The van der Waals surface area contributed by atoms with Crippen molar-refractivity contribution in [1.29, 1.82) is 0 Å². The van der Waals surface area contributed by atoms with Gasteiger partial charge in [0.25, 0.3) is 0 Å². The standard InChI is InChI=1S/C25H30N6O3/c1-30(2)9-10-34-19-5-3-18(4-6-19)28-23-27-15-17-14-25(7-8-26-21(25)32)22(33)31(20(17)29-23)24-11-16(12-24)13-24/h3-6,15-16H,7-14H2,1-2H3,(H,26,32)(H,27,28,29)/t16?,24?,25-/m1/s1. The Labute approximate surface area is 198 Å². The molecule has 4 fully saturated rings. The number of hydrogen-bond acceptors (Lipinski definition) is 7. The second kappa shape index (κ2) is 7.66.